The molecule has 0 radical (unpaired) electrons. The third kappa shape index (κ3) is 4.58. The number of aryl methyl sites for hydroxylation is 1. The minimum absolute atomic E-state index is 0.665. The van der Waals surface area contributed by atoms with Gasteiger partial charge >= 0.3 is 0 Å². The molecule has 0 atom stereocenters. The second kappa shape index (κ2) is 9.45. The summed E-state index contributed by atoms with van der Waals surface area (Å²) < 4.78 is 0. The van der Waals surface area contributed by atoms with Crippen molar-refractivity contribution in [1.29, 1.82) is 0 Å². The lowest BCUT2D eigenvalue weighted by molar-refractivity contribution is 1.07. The molecule has 0 aliphatic rings. The molecule has 4 rings (SSSR count). The molecule has 0 spiro atoms. The van der Waals surface area contributed by atoms with Crippen molar-refractivity contribution in [3.63, 3.8) is 0 Å². The minimum Gasteiger partial charge on any atom is -0.208 e. The van der Waals surface area contributed by atoms with E-state index in [1.807, 2.05) is 24.3 Å². The fraction of sp³-hybridized carbons (Fsp3) is 0.160. The molecule has 0 aliphatic carbocycles. The van der Waals surface area contributed by atoms with Gasteiger partial charge in [0.25, 0.3) is 0 Å². The Morgan fingerprint density at radius 1 is 0.500 bits per heavy atom. The number of nitrogens with zero attached hydrogens (tertiary/aromatic N) is 3. The van der Waals surface area contributed by atoms with E-state index in [2.05, 4.69) is 80.7 Å². The summed E-state index contributed by atoms with van der Waals surface area (Å²) in [6.07, 6.45) is 1.00. The molecule has 150 valence electrons. The fourth-order valence-corrected chi connectivity index (χ4v) is 3.59. The van der Waals surface area contributed by atoms with Crippen LogP contribution in [0.1, 0.15) is 23.6 Å². The lowest BCUT2D eigenvalue weighted by atomic mass is 10.1. The molecular formula is C25H23N3S2. The molecule has 5 heteroatoms. The zero-order valence-corrected chi connectivity index (χ0v) is 18.6. The van der Waals surface area contributed by atoms with E-state index in [1.54, 1.807) is 0 Å². The van der Waals surface area contributed by atoms with Crippen molar-refractivity contribution < 1.29 is 0 Å². The van der Waals surface area contributed by atoms with Crippen LogP contribution in [0.15, 0.2) is 72.8 Å². The van der Waals surface area contributed by atoms with Crippen LogP contribution in [0.4, 0.5) is 0 Å². The van der Waals surface area contributed by atoms with E-state index in [0.29, 0.717) is 29.0 Å². The van der Waals surface area contributed by atoms with Gasteiger partial charge in [0.05, 0.1) is 0 Å². The smallest absolute Gasteiger partial charge is 0.164 e. The molecule has 3 aromatic carbocycles. The van der Waals surface area contributed by atoms with Crippen LogP contribution in [0.5, 0.6) is 0 Å². The first-order chi connectivity index (χ1) is 14.7. The van der Waals surface area contributed by atoms with Crippen molar-refractivity contribution in [2.75, 3.05) is 0 Å². The van der Waals surface area contributed by atoms with Crippen molar-refractivity contribution in [3.8, 4) is 34.2 Å². The Balaban J connectivity index is 1.83. The van der Waals surface area contributed by atoms with Crippen molar-refractivity contribution in [2.24, 2.45) is 0 Å². The molecular weight excluding hydrogens is 406 g/mol. The van der Waals surface area contributed by atoms with Gasteiger partial charge in [0, 0.05) is 28.2 Å². The molecule has 0 fully saturated rings. The monoisotopic (exact) mass is 429 g/mol. The van der Waals surface area contributed by atoms with Crippen LogP contribution >= 0.6 is 25.3 Å². The predicted molar refractivity (Wildman–Crippen MR) is 131 cm³/mol. The summed E-state index contributed by atoms with van der Waals surface area (Å²) in [6.45, 7) is 2.15. The summed E-state index contributed by atoms with van der Waals surface area (Å²) in [5, 5.41) is 0. The maximum atomic E-state index is 4.79. The summed E-state index contributed by atoms with van der Waals surface area (Å²) in [5.41, 5.74) is 6.52. The standard InChI is InChI=1S/C25H23N3S2/c1-2-17-3-9-20(10-4-17)23-26-24(21-11-5-18(15-29)6-12-21)28-25(27-23)22-13-7-19(16-30)8-14-22/h3-14,29-30H,2,15-16H2,1H3. The van der Waals surface area contributed by atoms with Gasteiger partial charge in [-0.3, -0.25) is 0 Å². The molecule has 0 bridgehead atoms. The molecule has 1 heterocycles. The van der Waals surface area contributed by atoms with Gasteiger partial charge in [-0.05, 0) is 23.1 Å². The van der Waals surface area contributed by atoms with Crippen LogP contribution in [0.3, 0.4) is 0 Å². The second-order valence-corrected chi connectivity index (χ2v) is 7.70. The van der Waals surface area contributed by atoms with Crippen molar-refractivity contribution >= 4 is 25.3 Å². The number of rotatable bonds is 6. The number of thiol groups is 2. The van der Waals surface area contributed by atoms with Crippen LogP contribution in [0, 0.1) is 0 Å². The van der Waals surface area contributed by atoms with Crippen molar-refractivity contribution in [3.05, 3.63) is 89.5 Å². The molecule has 1 aromatic heterocycles. The van der Waals surface area contributed by atoms with E-state index in [-0.39, 0.29) is 0 Å². The molecule has 0 saturated carbocycles. The number of hydrogen-bond acceptors (Lipinski definition) is 5. The Bertz CT molecular complexity index is 964. The van der Waals surface area contributed by atoms with Gasteiger partial charge in [0.2, 0.25) is 0 Å². The van der Waals surface area contributed by atoms with Crippen LogP contribution < -0.4 is 0 Å². The first-order valence-corrected chi connectivity index (χ1v) is 11.2. The summed E-state index contributed by atoms with van der Waals surface area (Å²) in [4.78, 5) is 14.4. The van der Waals surface area contributed by atoms with Crippen molar-refractivity contribution in [1.82, 2.24) is 15.0 Å². The van der Waals surface area contributed by atoms with E-state index in [4.69, 9.17) is 15.0 Å². The number of benzene rings is 3. The molecule has 0 aliphatic heterocycles. The van der Waals surface area contributed by atoms with Gasteiger partial charge in [-0.15, -0.1) is 0 Å². The average Bonchev–Trinajstić information content (AvgIpc) is 2.84. The predicted octanol–water partition coefficient (Wildman–Crippen LogP) is 6.29. The van der Waals surface area contributed by atoms with E-state index >= 15 is 0 Å². The Hall–Kier alpha value is -2.63. The lowest BCUT2D eigenvalue weighted by Crippen LogP contribution is -2.00. The highest BCUT2D eigenvalue weighted by Crippen LogP contribution is 2.25. The average molecular weight is 430 g/mol. The first kappa shape index (κ1) is 20.6. The fourth-order valence-electron chi connectivity index (χ4n) is 3.17. The second-order valence-electron chi connectivity index (χ2n) is 7.07. The SMILES string of the molecule is CCc1ccc(-c2nc(-c3ccc(CS)cc3)nc(-c3ccc(CS)cc3)n2)cc1. The summed E-state index contributed by atoms with van der Waals surface area (Å²) >= 11 is 8.69. The number of hydrogen-bond donors (Lipinski definition) is 2. The minimum atomic E-state index is 0.665. The van der Waals surface area contributed by atoms with Crippen molar-refractivity contribution in [2.45, 2.75) is 24.9 Å². The zero-order valence-electron chi connectivity index (χ0n) is 16.8. The topological polar surface area (TPSA) is 38.7 Å². The first-order valence-electron chi connectivity index (χ1n) is 9.96. The van der Waals surface area contributed by atoms with Crippen LogP contribution in [0.2, 0.25) is 0 Å². The molecule has 0 unspecified atom stereocenters. The highest BCUT2D eigenvalue weighted by molar-refractivity contribution is 7.79. The molecule has 30 heavy (non-hydrogen) atoms. The van der Waals surface area contributed by atoms with Gasteiger partial charge in [-0.2, -0.15) is 25.3 Å². The summed E-state index contributed by atoms with van der Waals surface area (Å²) in [6, 6.07) is 24.8. The molecule has 0 N–H and O–H groups in total. The maximum absolute atomic E-state index is 4.79. The summed E-state index contributed by atoms with van der Waals surface area (Å²) in [5.74, 6) is 3.41. The van der Waals surface area contributed by atoms with Crippen LogP contribution in [-0.2, 0) is 17.9 Å². The third-order valence-corrected chi connectivity index (χ3v) is 5.78. The molecule has 4 aromatic rings. The van der Waals surface area contributed by atoms with Gasteiger partial charge in [-0.1, -0.05) is 79.7 Å². The van der Waals surface area contributed by atoms with E-state index in [1.165, 1.54) is 5.56 Å². The molecule has 0 saturated heterocycles. The number of aromatic nitrogens is 3. The quantitative estimate of drug-likeness (QED) is 0.354. The van der Waals surface area contributed by atoms with E-state index < -0.39 is 0 Å². The Labute approximate surface area is 188 Å². The Morgan fingerprint density at radius 3 is 1.07 bits per heavy atom. The highest BCUT2D eigenvalue weighted by atomic mass is 32.1. The molecule has 3 nitrogen and oxygen atoms in total. The normalized spacial score (nSPS) is 10.9. The Kier molecular flexibility index (Phi) is 6.50. The van der Waals surface area contributed by atoms with E-state index in [0.717, 1.165) is 34.2 Å². The highest BCUT2D eigenvalue weighted by Gasteiger charge is 2.12. The largest absolute Gasteiger partial charge is 0.208 e. The van der Waals surface area contributed by atoms with Crippen LogP contribution in [-0.4, -0.2) is 15.0 Å². The van der Waals surface area contributed by atoms with E-state index in [9.17, 15) is 0 Å². The zero-order chi connectivity index (χ0) is 20.9. The van der Waals surface area contributed by atoms with Gasteiger partial charge in [0.1, 0.15) is 0 Å². The lowest BCUT2D eigenvalue weighted by Gasteiger charge is -2.09. The Morgan fingerprint density at radius 2 is 0.800 bits per heavy atom. The third-order valence-electron chi connectivity index (χ3n) is 5.05. The molecule has 0 amide bonds. The van der Waals surface area contributed by atoms with Gasteiger partial charge in [-0.25, -0.2) is 15.0 Å². The van der Waals surface area contributed by atoms with Gasteiger partial charge < -0.3 is 0 Å². The maximum Gasteiger partial charge on any atom is 0.164 e. The van der Waals surface area contributed by atoms with Gasteiger partial charge in [0.15, 0.2) is 17.5 Å². The summed E-state index contributed by atoms with van der Waals surface area (Å²) in [7, 11) is 0. The van der Waals surface area contributed by atoms with Crippen LogP contribution in [0.25, 0.3) is 34.2 Å².